The molecule has 9 heteroatoms. The number of amides is 1. The lowest BCUT2D eigenvalue weighted by molar-refractivity contribution is -0.384. The molecular formula is C24H26ClN5O3. The summed E-state index contributed by atoms with van der Waals surface area (Å²) in [7, 11) is 2.10. The van der Waals surface area contributed by atoms with Crippen molar-refractivity contribution in [2.45, 2.75) is 0 Å². The highest BCUT2D eigenvalue weighted by Gasteiger charge is 2.24. The van der Waals surface area contributed by atoms with Crippen LogP contribution >= 0.6 is 11.6 Å². The van der Waals surface area contributed by atoms with Crippen molar-refractivity contribution in [2.75, 3.05) is 46.3 Å². The maximum absolute atomic E-state index is 13.2. The van der Waals surface area contributed by atoms with Gasteiger partial charge in [0.2, 0.25) is 0 Å². The summed E-state index contributed by atoms with van der Waals surface area (Å²) < 4.78 is 0. The van der Waals surface area contributed by atoms with Crippen LogP contribution in [0.15, 0.2) is 54.6 Å². The van der Waals surface area contributed by atoms with Crippen molar-refractivity contribution >= 4 is 23.2 Å². The number of nitrogens with one attached hydrogen (secondary N) is 2. The van der Waals surface area contributed by atoms with Crippen LogP contribution in [0.3, 0.4) is 0 Å². The average Bonchev–Trinajstić information content (AvgIpc) is 3.26. The normalized spacial score (nSPS) is 14.8. The standard InChI is InChI=1S/C24H26ClN5O3/c1-28-11-13-29(14-12-28)10-9-26-24(31)20-16-21(17-5-4-6-18(25)15-17)27-23(20)19-7-2-3-8-22(19)30(32)33/h2-8,15-16,27H,9-14H2,1H3,(H,26,31). The van der Waals surface area contributed by atoms with Gasteiger partial charge in [-0.05, 0) is 36.9 Å². The second-order valence-corrected chi connectivity index (χ2v) is 8.59. The third kappa shape index (κ3) is 5.42. The number of nitro benzene ring substituents is 1. The summed E-state index contributed by atoms with van der Waals surface area (Å²) in [6, 6.07) is 15.4. The number of likely N-dealkylation sites (N-methyl/N-ethyl adjacent to an activating group) is 1. The fraction of sp³-hybridized carbons (Fsp3) is 0.292. The fourth-order valence-electron chi connectivity index (χ4n) is 4.00. The zero-order valence-electron chi connectivity index (χ0n) is 18.4. The Morgan fingerprint density at radius 2 is 1.88 bits per heavy atom. The Morgan fingerprint density at radius 3 is 2.61 bits per heavy atom. The number of benzene rings is 2. The van der Waals surface area contributed by atoms with Crippen LogP contribution in [0.1, 0.15) is 10.4 Å². The van der Waals surface area contributed by atoms with Crippen LogP contribution in [0, 0.1) is 10.1 Å². The lowest BCUT2D eigenvalue weighted by Crippen LogP contribution is -2.46. The van der Waals surface area contributed by atoms with Crippen LogP contribution in [-0.4, -0.2) is 71.9 Å². The minimum atomic E-state index is -0.440. The largest absolute Gasteiger partial charge is 0.354 e. The molecule has 0 saturated carbocycles. The zero-order valence-corrected chi connectivity index (χ0v) is 19.1. The van der Waals surface area contributed by atoms with Crippen LogP contribution in [0.5, 0.6) is 0 Å². The van der Waals surface area contributed by atoms with Crippen LogP contribution < -0.4 is 5.32 Å². The molecule has 1 aliphatic heterocycles. The number of halogens is 1. The predicted octanol–water partition coefficient (Wildman–Crippen LogP) is 3.89. The van der Waals surface area contributed by atoms with Gasteiger partial charge >= 0.3 is 0 Å². The maximum Gasteiger partial charge on any atom is 0.278 e. The van der Waals surface area contributed by atoms with Gasteiger partial charge in [0.05, 0.1) is 21.7 Å². The third-order valence-corrected chi connectivity index (χ3v) is 6.11. The van der Waals surface area contributed by atoms with E-state index in [2.05, 4.69) is 27.1 Å². The molecule has 0 radical (unpaired) electrons. The number of H-pyrrole nitrogens is 1. The molecule has 2 N–H and O–H groups in total. The Bertz CT molecular complexity index is 1150. The first kappa shape index (κ1) is 23.0. The molecular weight excluding hydrogens is 442 g/mol. The van der Waals surface area contributed by atoms with Gasteiger partial charge < -0.3 is 15.2 Å². The van der Waals surface area contributed by atoms with Gasteiger partial charge in [-0.1, -0.05) is 35.9 Å². The van der Waals surface area contributed by atoms with Crippen molar-refractivity contribution in [2.24, 2.45) is 0 Å². The SMILES string of the molecule is CN1CCN(CCNC(=O)c2cc(-c3cccc(Cl)c3)[nH]c2-c2ccccc2[N+](=O)[O-])CC1. The first-order valence-electron chi connectivity index (χ1n) is 10.8. The molecule has 1 fully saturated rings. The third-order valence-electron chi connectivity index (χ3n) is 5.88. The first-order chi connectivity index (χ1) is 15.9. The van der Waals surface area contributed by atoms with E-state index in [9.17, 15) is 14.9 Å². The summed E-state index contributed by atoms with van der Waals surface area (Å²) in [6.07, 6.45) is 0. The lowest BCUT2D eigenvalue weighted by atomic mass is 10.1. The van der Waals surface area contributed by atoms with Crippen LogP contribution in [0.25, 0.3) is 22.5 Å². The summed E-state index contributed by atoms with van der Waals surface area (Å²) in [5.41, 5.74) is 2.52. The molecule has 4 rings (SSSR count). The monoisotopic (exact) mass is 467 g/mol. The van der Waals surface area contributed by atoms with Crippen LogP contribution in [0.2, 0.25) is 5.02 Å². The number of rotatable bonds is 7. The van der Waals surface area contributed by atoms with E-state index in [1.54, 1.807) is 36.4 Å². The summed E-state index contributed by atoms with van der Waals surface area (Å²) in [6.45, 7) is 5.21. The van der Waals surface area contributed by atoms with E-state index >= 15 is 0 Å². The molecule has 1 aromatic heterocycles. The second-order valence-electron chi connectivity index (χ2n) is 8.16. The van der Waals surface area contributed by atoms with Gasteiger partial charge in [-0.25, -0.2) is 0 Å². The molecule has 0 bridgehead atoms. The molecule has 2 aromatic carbocycles. The van der Waals surface area contributed by atoms with Crippen molar-refractivity contribution in [3.05, 3.63) is 75.3 Å². The van der Waals surface area contributed by atoms with E-state index in [1.807, 2.05) is 12.1 Å². The van der Waals surface area contributed by atoms with Gasteiger partial charge in [0.1, 0.15) is 0 Å². The molecule has 0 spiro atoms. The van der Waals surface area contributed by atoms with Gasteiger partial charge in [0.15, 0.2) is 0 Å². The molecule has 3 aromatic rings. The molecule has 1 amide bonds. The number of hydrogen-bond donors (Lipinski definition) is 2. The van der Waals surface area contributed by atoms with Crippen LogP contribution in [-0.2, 0) is 0 Å². The molecule has 2 heterocycles. The second kappa shape index (κ2) is 10.2. The number of carbonyl (C=O) groups excluding carboxylic acids is 1. The van der Waals surface area contributed by atoms with E-state index in [0.717, 1.165) is 38.3 Å². The highest BCUT2D eigenvalue weighted by molar-refractivity contribution is 6.30. The molecule has 172 valence electrons. The molecule has 0 atom stereocenters. The molecule has 1 saturated heterocycles. The van der Waals surface area contributed by atoms with Crippen molar-refractivity contribution in [1.82, 2.24) is 20.1 Å². The van der Waals surface area contributed by atoms with Crippen molar-refractivity contribution < 1.29 is 9.72 Å². The number of aromatic nitrogens is 1. The topological polar surface area (TPSA) is 94.5 Å². The Morgan fingerprint density at radius 1 is 1.12 bits per heavy atom. The Kier molecular flexibility index (Phi) is 7.08. The molecule has 8 nitrogen and oxygen atoms in total. The van der Waals surface area contributed by atoms with Gasteiger partial charge in [-0.3, -0.25) is 19.8 Å². The zero-order chi connectivity index (χ0) is 23.4. The van der Waals surface area contributed by atoms with E-state index in [0.29, 0.717) is 34.1 Å². The van der Waals surface area contributed by atoms with Gasteiger partial charge in [0, 0.05) is 56.1 Å². The lowest BCUT2D eigenvalue weighted by Gasteiger charge is -2.32. The number of hydrogen-bond acceptors (Lipinski definition) is 5. The highest BCUT2D eigenvalue weighted by atomic mass is 35.5. The van der Waals surface area contributed by atoms with Gasteiger partial charge in [-0.2, -0.15) is 0 Å². The number of piperazine rings is 1. The fourth-order valence-corrected chi connectivity index (χ4v) is 4.19. The molecule has 1 aliphatic rings. The predicted molar refractivity (Wildman–Crippen MR) is 130 cm³/mol. The molecule has 33 heavy (non-hydrogen) atoms. The van der Waals surface area contributed by atoms with Crippen molar-refractivity contribution in [3.8, 4) is 22.5 Å². The maximum atomic E-state index is 13.2. The highest BCUT2D eigenvalue weighted by Crippen LogP contribution is 2.35. The Labute approximate surface area is 197 Å². The Hall–Kier alpha value is -3.20. The summed E-state index contributed by atoms with van der Waals surface area (Å²) in [5.74, 6) is -0.276. The Balaban J connectivity index is 1.61. The van der Waals surface area contributed by atoms with Crippen LogP contribution in [0.4, 0.5) is 5.69 Å². The minimum Gasteiger partial charge on any atom is -0.354 e. The quantitative estimate of drug-likeness (QED) is 0.406. The van der Waals surface area contributed by atoms with Crippen molar-refractivity contribution in [3.63, 3.8) is 0 Å². The number of aromatic amines is 1. The van der Waals surface area contributed by atoms with E-state index in [-0.39, 0.29) is 11.6 Å². The number of nitrogens with zero attached hydrogens (tertiary/aromatic N) is 3. The summed E-state index contributed by atoms with van der Waals surface area (Å²) in [4.78, 5) is 32.2. The number of carbonyl (C=O) groups is 1. The molecule has 0 unspecified atom stereocenters. The van der Waals surface area contributed by atoms with E-state index < -0.39 is 4.92 Å². The van der Waals surface area contributed by atoms with Crippen molar-refractivity contribution in [1.29, 1.82) is 0 Å². The smallest absolute Gasteiger partial charge is 0.278 e. The number of nitro groups is 1. The summed E-state index contributed by atoms with van der Waals surface area (Å²) in [5, 5.41) is 15.2. The van der Waals surface area contributed by atoms with E-state index in [1.165, 1.54) is 6.07 Å². The average molecular weight is 468 g/mol. The van der Waals surface area contributed by atoms with Gasteiger partial charge in [-0.15, -0.1) is 0 Å². The van der Waals surface area contributed by atoms with Gasteiger partial charge in [0.25, 0.3) is 11.6 Å². The molecule has 0 aliphatic carbocycles. The minimum absolute atomic E-state index is 0.0662. The van der Waals surface area contributed by atoms with E-state index in [4.69, 9.17) is 11.6 Å². The number of para-hydroxylation sites is 1. The first-order valence-corrected chi connectivity index (χ1v) is 11.2. The summed E-state index contributed by atoms with van der Waals surface area (Å²) >= 11 is 6.15.